The zero-order chi connectivity index (χ0) is 19.5. The van der Waals surface area contributed by atoms with E-state index in [1.807, 2.05) is 38.5 Å². The standard InChI is InChI=1S/C24H24N4/c1-18-8-10-20(11-9-18)17-28-23-7-5-4-6-22(23)26-24(28)25-16-19-12-14-21(15-13-19)27(2)3/h4-16H,17H2,1-3H3. The van der Waals surface area contributed by atoms with Crippen LogP contribution in [-0.4, -0.2) is 29.9 Å². The fourth-order valence-corrected chi connectivity index (χ4v) is 3.18. The van der Waals surface area contributed by atoms with E-state index < -0.39 is 0 Å². The molecule has 0 spiro atoms. The van der Waals surface area contributed by atoms with E-state index in [-0.39, 0.29) is 0 Å². The molecule has 0 saturated carbocycles. The highest BCUT2D eigenvalue weighted by molar-refractivity contribution is 5.84. The number of fused-ring (bicyclic) bond motifs is 1. The Hall–Kier alpha value is -3.40. The zero-order valence-corrected chi connectivity index (χ0v) is 16.5. The lowest BCUT2D eigenvalue weighted by atomic mass is 10.1. The Labute approximate surface area is 165 Å². The summed E-state index contributed by atoms with van der Waals surface area (Å²) in [5.74, 6) is 0.721. The summed E-state index contributed by atoms with van der Waals surface area (Å²) in [6, 6.07) is 25.1. The largest absolute Gasteiger partial charge is 0.378 e. The molecule has 4 nitrogen and oxygen atoms in total. The number of para-hydroxylation sites is 2. The van der Waals surface area contributed by atoms with Crippen molar-refractivity contribution in [3.05, 3.63) is 89.5 Å². The fraction of sp³-hybridized carbons (Fsp3) is 0.167. The lowest BCUT2D eigenvalue weighted by Gasteiger charge is -2.11. The number of hydrogen-bond donors (Lipinski definition) is 0. The van der Waals surface area contributed by atoms with Gasteiger partial charge in [0, 0.05) is 26.0 Å². The number of aromatic nitrogens is 2. The third-order valence-electron chi connectivity index (χ3n) is 4.83. The van der Waals surface area contributed by atoms with E-state index in [4.69, 9.17) is 9.98 Å². The van der Waals surface area contributed by atoms with Crippen molar-refractivity contribution >= 4 is 28.9 Å². The molecular formula is C24H24N4. The molecule has 1 aromatic heterocycles. The van der Waals surface area contributed by atoms with Crippen LogP contribution in [0.25, 0.3) is 11.0 Å². The van der Waals surface area contributed by atoms with Gasteiger partial charge in [-0.2, -0.15) is 0 Å². The smallest absolute Gasteiger partial charge is 0.230 e. The summed E-state index contributed by atoms with van der Waals surface area (Å²) < 4.78 is 2.17. The Morgan fingerprint density at radius 1 is 0.929 bits per heavy atom. The second-order valence-corrected chi connectivity index (χ2v) is 7.22. The molecule has 0 N–H and O–H groups in total. The molecule has 4 aromatic rings. The minimum Gasteiger partial charge on any atom is -0.378 e. The molecule has 3 aromatic carbocycles. The lowest BCUT2D eigenvalue weighted by Crippen LogP contribution is -2.08. The summed E-state index contributed by atoms with van der Waals surface area (Å²) in [6.07, 6.45) is 1.88. The Kier molecular flexibility index (Phi) is 4.94. The van der Waals surface area contributed by atoms with Gasteiger partial charge >= 0.3 is 0 Å². The van der Waals surface area contributed by atoms with Crippen molar-refractivity contribution in [3.63, 3.8) is 0 Å². The summed E-state index contributed by atoms with van der Waals surface area (Å²) in [6.45, 7) is 2.85. The van der Waals surface area contributed by atoms with Crippen LogP contribution in [0.3, 0.4) is 0 Å². The Morgan fingerprint density at radius 2 is 1.64 bits per heavy atom. The van der Waals surface area contributed by atoms with Gasteiger partial charge in [0.25, 0.3) is 0 Å². The highest BCUT2D eigenvalue weighted by Gasteiger charge is 2.10. The van der Waals surface area contributed by atoms with E-state index in [9.17, 15) is 0 Å². The predicted octanol–water partition coefficient (Wildman–Crippen LogP) is 5.21. The molecule has 0 saturated heterocycles. The van der Waals surface area contributed by atoms with Crippen molar-refractivity contribution in [2.24, 2.45) is 4.99 Å². The Morgan fingerprint density at radius 3 is 2.36 bits per heavy atom. The number of hydrogen-bond acceptors (Lipinski definition) is 3. The van der Waals surface area contributed by atoms with Gasteiger partial charge in [0.1, 0.15) is 0 Å². The topological polar surface area (TPSA) is 33.4 Å². The molecule has 28 heavy (non-hydrogen) atoms. The SMILES string of the molecule is Cc1ccc(Cn2c(N=Cc3ccc(N(C)C)cc3)nc3ccccc32)cc1. The van der Waals surface area contributed by atoms with Crippen LogP contribution >= 0.6 is 0 Å². The summed E-state index contributed by atoms with van der Waals surface area (Å²) >= 11 is 0. The highest BCUT2D eigenvalue weighted by atomic mass is 15.2. The van der Waals surface area contributed by atoms with Gasteiger partial charge in [-0.1, -0.05) is 54.1 Å². The normalized spacial score (nSPS) is 11.4. The zero-order valence-electron chi connectivity index (χ0n) is 16.5. The number of imidazole rings is 1. The summed E-state index contributed by atoms with van der Waals surface area (Å²) in [5.41, 5.74) is 6.78. The highest BCUT2D eigenvalue weighted by Crippen LogP contribution is 2.23. The predicted molar refractivity (Wildman–Crippen MR) is 118 cm³/mol. The number of benzene rings is 3. The van der Waals surface area contributed by atoms with E-state index in [0.717, 1.165) is 29.1 Å². The molecule has 140 valence electrons. The first kappa shape index (κ1) is 18.0. The molecule has 0 amide bonds. The van der Waals surface area contributed by atoms with Crippen molar-refractivity contribution in [1.29, 1.82) is 0 Å². The third-order valence-corrected chi connectivity index (χ3v) is 4.83. The summed E-state index contributed by atoms with van der Waals surface area (Å²) in [5, 5.41) is 0. The number of aliphatic imine (C=N–C) groups is 1. The van der Waals surface area contributed by atoms with Gasteiger partial charge in [0.05, 0.1) is 17.6 Å². The van der Waals surface area contributed by atoms with Gasteiger partial charge in [-0.05, 0) is 42.3 Å². The van der Waals surface area contributed by atoms with Crippen LogP contribution in [0.15, 0.2) is 77.8 Å². The molecule has 0 atom stereocenters. The van der Waals surface area contributed by atoms with Gasteiger partial charge in [0.15, 0.2) is 0 Å². The van der Waals surface area contributed by atoms with E-state index >= 15 is 0 Å². The van der Waals surface area contributed by atoms with Crippen LogP contribution in [0.5, 0.6) is 0 Å². The van der Waals surface area contributed by atoms with Crippen LogP contribution in [0.4, 0.5) is 11.6 Å². The molecule has 0 aliphatic heterocycles. The summed E-state index contributed by atoms with van der Waals surface area (Å²) in [7, 11) is 4.08. The summed E-state index contributed by atoms with van der Waals surface area (Å²) in [4.78, 5) is 11.5. The molecule has 0 bridgehead atoms. The molecule has 0 radical (unpaired) electrons. The van der Waals surface area contributed by atoms with E-state index in [2.05, 4.69) is 71.0 Å². The maximum atomic E-state index is 4.74. The van der Waals surface area contributed by atoms with Crippen molar-refractivity contribution in [1.82, 2.24) is 9.55 Å². The first-order valence-electron chi connectivity index (χ1n) is 9.42. The van der Waals surface area contributed by atoms with E-state index in [1.54, 1.807) is 0 Å². The average molecular weight is 368 g/mol. The van der Waals surface area contributed by atoms with Gasteiger partial charge in [-0.15, -0.1) is 0 Å². The van der Waals surface area contributed by atoms with Gasteiger partial charge in [0.2, 0.25) is 5.95 Å². The van der Waals surface area contributed by atoms with Gasteiger partial charge < -0.3 is 9.47 Å². The second kappa shape index (κ2) is 7.69. The van der Waals surface area contributed by atoms with Crippen molar-refractivity contribution in [2.75, 3.05) is 19.0 Å². The van der Waals surface area contributed by atoms with Crippen LogP contribution in [0, 0.1) is 6.92 Å². The number of rotatable bonds is 5. The average Bonchev–Trinajstić information content (AvgIpc) is 3.06. The quantitative estimate of drug-likeness (QED) is 0.453. The van der Waals surface area contributed by atoms with E-state index in [0.29, 0.717) is 0 Å². The van der Waals surface area contributed by atoms with Gasteiger partial charge in [-0.3, -0.25) is 0 Å². The van der Waals surface area contributed by atoms with Crippen LogP contribution in [0.2, 0.25) is 0 Å². The first-order chi connectivity index (χ1) is 13.6. The van der Waals surface area contributed by atoms with Crippen LogP contribution in [0.1, 0.15) is 16.7 Å². The molecule has 4 rings (SSSR count). The van der Waals surface area contributed by atoms with Crippen LogP contribution < -0.4 is 4.90 Å². The first-order valence-corrected chi connectivity index (χ1v) is 9.42. The molecule has 0 fully saturated rings. The second-order valence-electron chi connectivity index (χ2n) is 7.22. The van der Waals surface area contributed by atoms with Gasteiger partial charge in [-0.25, -0.2) is 9.98 Å². The Bertz CT molecular complexity index is 1100. The minimum absolute atomic E-state index is 0.721. The van der Waals surface area contributed by atoms with E-state index in [1.165, 1.54) is 16.8 Å². The monoisotopic (exact) mass is 368 g/mol. The lowest BCUT2D eigenvalue weighted by molar-refractivity contribution is 0.827. The number of aryl methyl sites for hydroxylation is 1. The third kappa shape index (κ3) is 3.81. The van der Waals surface area contributed by atoms with Crippen molar-refractivity contribution in [2.45, 2.75) is 13.5 Å². The number of anilines is 1. The molecule has 1 heterocycles. The molecule has 0 aliphatic carbocycles. The maximum absolute atomic E-state index is 4.74. The maximum Gasteiger partial charge on any atom is 0.230 e. The molecular weight excluding hydrogens is 344 g/mol. The van der Waals surface area contributed by atoms with Crippen LogP contribution in [-0.2, 0) is 6.54 Å². The molecule has 0 unspecified atom stereocenters. The molecule has 4 heteroatoms. The number of nitrogens with zero attached hydrogens (tertiary/aromatic N) is 4. The molecule has 0 aliphatic rings. The Balaban J connectivity index is 1.68. The minimum atomic E-state index is 0.721. The van der Waals surface area contributed by atoms with Crippen molar-refractivity contribution in [3.8, 4) is 0 Å². The fourth-order valence-electron chi connectivity index (χ4n) is 3.18. The van der Waals surface area contributed by atoms with Crippen molar-refractivity contribution < 1.29 is 0 Å².